The van der Waals surface area contributed by atoms with Crippen molar-refractivity contribution in [2.24, 2.45) is 0 Å². The van der Waals surface area contributed by atoms with E-state index in [1.165, 1.54) is 5.56 Å². The highest BCUT2D eigenvalue weighted by Gasteiger charge is 2.27. The molecule has 0 aromatic heterocycles. The molecule has 0 spiro atoms. The van der Waals surface area contributed by atoms with Gasteiger partial charge in [0.05, 0.1) is 14.2 Å². The first-order valence-corrected chi connectivity index (χ1v) is 5.45. The van der Waals surface area contributed by atoms with Crippen molar-refractivity contribution in [3.05, 3.63) is 23.3 Å². The van der Waals surface area contributed by atoms with Crippen molar-refractivity contribution < 1.29 is 14.3 Å². The van der Waals surface area contributed by atoms with E-state index in [-0.39, 0.29) is 11.7 Å². The molecule has 1 aromatic carbocycles. The van der Waals surface area contributed by atoms with Gasteiger partial charge in [0, 0.05) is 24.0 Å². The third kappa shape index (κ3) is 1.66. The summed E-state index contributed by atoms with van der Waals surface area (Å²) >= 11 is 0. The molecule has 3 heteroatoms. The van der Waals surface area contributed by atoms with Crippen LogP contribution in [0.2, 0.25) is 0 Å². The molecular formula is C13H16O3. The Hall–Kier alpha value is -1.51. The Morgan fingerprint density at radius 1 is 1.19 bits per heavy atom. The van der Waals surface area contributed by atoms with Gasteiger partial charge in [-0.15, -0.1) is 0 Å². The fourth-order valence-electron chi connectivity index (χ4n) is 2.28. The Morgan fingerprint density at radius 3 is 2.56 bits per heavy atom. The summed E-state index contributed by atoms with van der Waals surface area (Å²) in [6.07, 6.45) is 1.40. The smallest absolute Gasteiger partial charge is 0.140 e. The van der Waals surface area contributed by atoms with E-state index in [0.717, 1.165) is 23.5 Å². The van der Waals surface area contributed by atoms with Crippen LogP contribution in [0.3, 0.4) is 0 Å². The lowest BCUT2D eigenvalue weighted by Crippen LogP contribution is -2.19. The molecule has 1 aliphatic carbocycles. The predicted molar refractivity (Wildman–Crippen MR) is 61.3 cm³/mol. The first kappa shape index (κ1) is 11.0. The summed E-state index contributed by atoms with van der Waals surface area (Å²) in [5, 5.41) is 0. The van der Waals surface area contributed by atoms with Crippen LogP contribution in [-0.4, -0.2) is 20.0 Å². The molecule has 0 N–H and O–H groups in total. The fraction of sp³-hybridized carbons (Fsp3) is 0.462. The number of hydrogen-bond donors (Lipinski definition) is 0. The topological polar surface area (TPSA) is 35.5 Å². The summed E-state index contributed by atoms with van der Waals surface area (Å²) in [6.45, 7) is 1.94. The highest BCUT2D eigenvalue weighted by molar-refractivity contribution is 5.88. The van der Waals surface area contributed by atoms with Crippen molar-refractivity contribution in [2.45, 2.75) is 25.7 Å². The summed E-state index contributed by atoms with van der Waals surface area (Å²) in [6, 6.07) is 3.84. The van der Waals surface area contributed by atoms with Crippen LogP contribution < -0.4 is 9.47 Å². The second-order valence-corrected chi connectivity index (χ2v) is 4.09. The van der Waals surface area contributed by atoms with Gasteiger partial charge in [0.15, 0.2) is 0 Å². The van der Waals surface area contributed by atoms with Crippen molar-refractivity contribution in [1.29, 1.82) is 0 Å². The number of ketones is 1. The fourth-order valence-corrected chi connectivity index (χ4v) is 2.28. The molecule has 1 aliphatic rings. The number of Topliss-reactive ketones (excluding diaryl/α,β-unsaturated/α-hetero) is 1. The van der Waals surface area contributed by atoms with E-state index in [1.54, 1.807) is 14.2 Å². The highest BCUT2D eigenvalue weighted by Crippen LogP contribution is 2.38. The lowest BCUT2D eigenvalue weighted by atomic mass is 9.82. The van der Waals surface area contributed by atoms with Crippen LogP contribution in [0.1, 0.15) is 30.4 Å². The average molecular weight is 220 g/mol. The monoisotopic (exact) mass is 220 g/mol. The van der Waals surface area contributed by atoms with Gasteiger partial charge in [-0.05, 0) is 18.1 Å². The summed E-state index contributed by atoms with van der Waals surface area (Å²) in [4.78, 5) is 11.7. The largest absolute Gasteiger partial charge is 0.497 e. The first-order chi connectivity index (χ1) is 7.67. The van der Waals surface area contributed by atoms with Crippen LogP contribution in [0.5, 0.6) is 11.5 Å². The molecule has 86 valence electrons. The number of carbonyl (C=O) groups is 1. The molecule has 16 heavy (non-hydrogen) atoms. The average Bonchev–Trinajstić information content (AvgIpc) is 2.32. The highest BCUT2D eigenvalue weighted by atomic mass is 16.5. The number of hydrogen-bond acceptors (Lipinski definition) is 3. The van der Waals surface area contributed by atoms with E-state index < -0.39 is 0 Å². The zero-order valence-electron chi connectivity index (χ0n) is 9.87. The van der Waals surface area contributed by atoms with Gasteiger partial charge in [0.1, 0.15) is 17.3 Å². The van der Waals surface area contributed by atoms with Gasteiger partial charge in [-0.1, -0.05) is 6.92 Å². The first-order valence-electron chi connectivity index (χ1n) is 5.45. The molecule has 3 nitrogen and oxygen atoms in total. The van der Waals surface area contributed by atoms with E-state index in [0.29, 0.717) is 6.42 Å². The molecule has 1 atom stereocenters. The minimum absolute atomic E-state index is 0.0652. The summed E-state index contributed by atoms with van der Waals surface area (Å²) in [5.41, 5.74) is 2.20. The molecule has 0 radical (unpaired) electrons. The lowest BCUT2D eigenvalue weighted by Gasteiger charge is -2.24. The third-order valence-electron chi connectivity index (χ3n) is 3.21. The zero-order chi connectivity index (χ0) is 11.7. The van der Waals surface area contributed by atoms with Crippen molar-refractivity contribution in [3.8, 4) is 11.5 Å². The van der Waals surface area contributed by atoms with E-state index in [1.807, 2.05) is 19.1 Å². The van der Waals surface area contributed by atoms with Crippen LogP contribution in [0, 0.1) is 0 Å². The minimum atomic E-state index is -0.0652. The molecule has 0 saturated heterocycles. The van der Waals surface area contributed by atoms with E-state index >= 15 is 0 Å². The normalized spacial score (nSPS) is 19.2. The molecule has 0 saturated carbocycles. The lowest BCUT2D eigenvalue weighted by molar-refractivity contribution is -0.120. The molecule has 0 bridgehead atoms. The number of benzene rings is 1. The molecule has 2 rings (SSSR count). The van der Waals surface area contributed by atoms with E-state index in [9.17, 15) is 4.79 Å². The zero-order valence-corrected chi connectivity index (χ0v) is 9.87. The van der Waals surface area contributed by atoms with E-state index in [4.69, 9.17) is 9.47 Å². The number of aryl methyl sites for hydroxylation is 1. The Bertz CT molecular complexity index is 406. The standard InChI is InChI=1S/C13H16O3/c1-8-11(14)5-4-9-6-10(15-2)7-12(16-3)13(8)9/h6-8H,4-5H2,1-3H3. The molecule has 1 aromatic rings. The Kier molecular flexibility index (Phi) is 2.86. The second-order valence-electron chi connectivity index (χ2n) is 4.09. The van der Waals surface area contributed by atoms with Gasteiger partial charge in [-0.3, -0.25) is 4.79 Å². The Balaban J connectivity index is 2.56. The van der Waals surface area contributed by atoms with Crippen molar-refractivity contribution in [1.82, 2.24) is 0 Å². The van der Waals surface area contributed by atoms with Crippen LogP contribution >= 0.6 is 0 Å². The van der Waals surface area contributed by atoms with Crippen molar-refractivity contribution in [2.75, 3.05) is 14.2 Å². The number of ether oxygens (including phenoxy) is 2. The maximum atomic E-state index is 11.7. The van der Waals surface area contributed by atoms with Crippen LogP contribution in [-0.2, 0) is 11.2 Å². The van der Waals surface area contributed by atoms with Gasteiger partial charge in [-0.2, -0.15) is 0 Å². The third-order valence-corrected chi connectivity index (χ3v) is 3.21. The molecule has 0 fully saturated rings. The number of carbonyl (C=O) groups excluding carboxylic acids is 1. The maximum Gasteiger partial charge on any atom is 0.140 e. The molecule has 0 aliphatic heterocycles. The molecule has 1 unspecified atom stereocenters. The van der Waals surface area contributed by atoms with Crippen LogP contribution in [0.15, 0.2) is 12.1 Å². The molecule has 0 heterocycles. The van der Waals surface area contributed by atoms with Gasteiger partial charge >= 0.3 is 0 Å². The van der Waals surface area contributed by atoms with Gasteiger partial charge in [0.25, 0.3) is 0 Å². The molecular weight excluding hydrogens is 204 g/mol. The number of fused-ring (bicyclic) bond motifs is 1. The summed E-state index contributed by atoms with van der Waals surface area (Å²) in [7, 11) is 3.26. The van der Waals surface area contributed by atoms with Gasteiger partial charge < -0.3 is 9.47 Å². The SMILES string of the molecule is COc1cc2c(c(OC)c1)C(C)C(=O)CC2. The van der Waals surface area contributed by atoms with Gasteiger partial charge in [0.2, 0.25) is 0 Å². The Morgan fingerprint density at radius 2 is 1.94 bits per heavy atom. The second kappa shape index (κ2) is 4.16. The van der Waals surface area contributed by atoms with Crippen LogP contribution in [0.25, 0.3) is 0 Å². The summed E-state index contributed by atoms with van der Waals surface area (Å²) < 4.78 is 10.6. The van der Waals surface area contributed by atoms with Crippen LogP contribution in [0.4, 0.5) is 0 Å². The van der Waals surface area contributed by atoms with E-state index in [2.05, 4.69) is 0 Å². The summed E-state index contributed by atoms with van der Waals surface area (Å²) in [5.74, 6) is 1.77. The van der Waals surface area contributed by atoms with Gasteiger partial charge in [-0.25, -0.2) is 0 Å². The van der Waals surface area contributed by atoms with Crippen molar-refractivity contribution >= 4 is 5.78 Å². The number of methoxy groups -OCH3 is 2. The van der Waals surface area contributed by atoms with Crippen molar-refractivity contribution in [3.63, 3.8) is 0 Å². The predicted octanol–water partition coefficient (Wildman–Crippen LogP) is 2.32. The quantitative estimate of drug-likeness (QED) is 0.767. The minimum Gasteiger partial charge on any atom is -0.497 e. The molecule has 0 amide bonds. The Labute approximate surface area is 95.4 Å². The maximum absolute atomic E-state index is 11.7. The number of rotatable bonds is 2.